The minimum absolute atomic E-state index is 0.00241. The first-order chi connectivity index (χ1) is 50.3. The molecule has 2 aromatic rings. The normalized spacial score (nSPS) is 24.5. The van der Waals surface area contributed by atoms with Crippen molar-refractivity contribution in [3.8, 4) is 5.75 Å². The Morgan fingerprint density at radius 1 is 0.519 bits per heavy atom. The number of hydrogen-bond donors (Lipinski definition) is 19. The molecule has 0 unspecified atom stereocenters. The molecule has 0 bridgehead atoms. The van der Waals surface area contributed by atoms with Crippen molar-refractivity contribution >= 4 is 88.7 Å². The van der Waals surface area contributed by atoms with Gasteiger partial charge in [0.1, 0.15) is 66.2 Å². The second-order valence-electron chi connectivity index (χ2n) is 27.7. The van der Waals surface area contributed by atoms with E-state index < -0.39 is 175 Å². The summed E-state index contributed by atoms with van der Waals surface area (Å²) < 4.78 is 0. The molecule has 2 fully saturated rings. The third-order valence-electron chi connectivity index (χ3n) is 17.9. The number of nitrogens with zero attached hydrogens (tertiary/aromatic N) is 2. The third-order valence-corrected chi connectivity index (χ3v) is 17.9. The molecule has 24 N–H and O–H groups in total. The van der Waals surface area contributed by atoms with Crippen molar-refractivity contribution in [3.63, 3.8) is 0 Å². The number of aromatic hydroxyl groups is 1. The number of nitrogens with one attached hydrogen (secondary N) is 12. The number of aliphatic imine (C=N–C) groups is 1. The van der Waals surface area contributed by atoms with Gasteiger partial charge in [0.15, 0.2) is 5.96 Å². The first kappa shape index (κ1) is 88.4. The van der Waals surface area contributed by atoms with Crippen LogP contribution in [0.5, 0.6) is 5.75 Å². The average molecular weight is 1490 g/mol. The van der Waals surface area contributed by atoms with Gasteiger partial charge in [-0.25, -0.2) is 0 Å². The zero-order valence-corrected chi connectivity index (χ0v) is 61.6. The van der Waals surface area contributed by atoms with E-state index in [4.69, 9.17) is 28.7 Å². The van der Waals surface area contributed by atoms with Gasteiger partial charge in [0.25, 0.3) is 0 Å². The number of unbranched alkanes of at least 4 members (excludes halogenated alkanes) is 2. The Labute approximate surface area is 618 Å². The Hall–Kier alpha value is -10.0. The SMILES string of the molecule is CC[C@H](C)[C@@H]1NC(=O)[C@H](CCCN=C(N)N)NC(=O)[C@@H](CC(=O)O)NC(=O)[C@H](CC(C)C)NC(=O)[C@H](Cc2ccccc2)NC(=O)CNC(=O)CNC(=O)[C@H](Cc2ccc(O)cc2)NC(=O)[C@H](CCCCN)NC(=O)[C@H](CC(C)C)NC(=O)[C@H](CCCCN)NC(=O)[C@@H]2CCCN2C(=O)[C@@H](N)CCNC1=O. The van der Waals surface area contributed by atoms with E-state index in [0.717, 1.165) is 0 Å². The van der Waals surface area contributed by atoms with Gasteiger partial charge in [0.2, 0.25) is 76.8 Å². The molecule has 0 radical (unpaired) electrons. The number of amides is 13. The Balaban J connectivity index is 1.79. The maximum absolute atomic E-state index is 14.6. The molecule has 2 aromatic carbocycles. The third kappa shape index (κ3) is 31.3. The number of guanidine groups is 1. The number of fused-ring (bicyclic) bond motifs is 1. The predicted molar refractivity (Wildman–Crippen MR) is 392 cm³/mol. The first-order valence-corrected chi connectivity index (χ1v) is 36.4. The Kier molecular flexibility index (Phi) is 38.4. The molecule has 0 saturated carbocycles. The Bertz CT molecular complexity index is 3300. The highest BCUT2D eigenvalue weighted by molar-refractivity contribution is 6.00. The molecule has 2 aliphatic rings. The molecule has 2 saturated heterocycles. The van der Waals surface area contributed by atoms with Gasteiger partial charge >= 0.3 is 5.97 Å². The number of rotatable bonds is 24. The van der Waals surface area contributed by atoms with Crippen molar-refractivity contribution in [1.29, 1.82) is 0 Å². The van der Waals surface area contributed by atoms with Crippen LogP contribution < -0.4 is 92.5 Å². The number of phenolic OH excluding ortho intramolecular Hbond substituents is 1. The first-order valence-electron chi connectivity index (χ1n) is 36.4. The van der Waals surface area contributed by atoms with E-state index in [1.54, 1.807) is 71.9 Å². The van der Waals surface area contributed by atoms with E-state index in [2.05, 4.69) is 68.8 Å². The second-order valence-corrected chi connectivity index (χ2v) is 27.7. The zero-order chi connectivity index (χ0) is 78.6. The van der Waals surface area contributed by atoms with E-state index in [-0.39, 0.29) is 120 Å². The number of carboxylic acids is 1. The summed E-state index contributed by atoms with van der Waals surface area (Å²) >= 11 is 0. The highest BCUT2D eigenvalue weighted by Gasteiger charge is 2.40. The lowest BCUT2D eigenvalue weighted by atomic mass is 9.97. The van der Waals surface area contributed by atoms with Crippen LogP contribution in [-0.2, 0) is 80.0 Å². The smallest absolute Gasteiger partial charge is 0.305 e. The largest absolute Gasteiger partial charge is 0.508 e. The summed E-state index contributed by atoms with van der Waals surface area (Å²) in [4.78, 5) is 203. The van der Waals surface area contributed by atoms with E-state index in [1.807, 2.05) is 0 Å². The molecule has 12 atom stereocenters. The average Bonchev–Trinajstić information content (AvgIpc) is 1.64. The van der Waals surface area contributed by atoms with Crippen LogP contribution in [0.3, 0.4) is 0 Å². The van der Waals surface area contributed by atoms with Gasteiger partial charge in [0, 0.05) is 32.5 Å². The topological polar surface area (TPSA) is 569 Å². The van der Waals surface area contributed by atoms with Gasteiger partial charge in [-0.15, -0.1) is 0 Å². The van der Waals surface area contributed by atoms with Gasteiger partial charge in [-0.2, -0.15) is 0 Å². The summed E-state index contributed by atoms with van der Waals surface area (Å²) in [5, 5.41) is 51.6. The lowest BCUT2D eigenvalue weighted by molar-refractivity contribution is -0.141. The number of aliphatic carboxylic acids is 1. The minimum Gasteiger partial charge on any atom is -0.508 e. The van der Waals surface area contributed by atoms with E-state index in [9.17, 15) is 77.3 Å². The molecule has 588 valence electrons. The van der Waals surface area contributed by atoms with Crippen molar-refractivity contribution in [3.05, 3.63) is 65.7 Å². The fourth-order valence-corrected chi connectivity index (χ4v) is 12.0. The van der Waals surface area contributed by atoms with Gasteiger partial charge < -0.3 is 108 Å². The molecule has 35 nitrogen and oxygen atoms in total. The molecule has 2 aliphatic heterocycles. The summed E-state index contributed by atoms with van der Waals surface area (Å²) in [7, 11) is 0. The number of benzene rings is 2. The Morgan fingerprint density at radius 2 is 0.981 bits per heavy atom. The van der Waals surface area contributed by atoms with Crippen LogP contribution in [-0.4, -0.2) is 216 Å². The van der Waals surface area contributed by atoms with E-state index in [1.165, 1.54) is 29.2 Å². The number of hydrogen-bond acceptors (Lipinski definition) is 19. The zero-order valence-electron chi connectivity index (χ0n) is 61.6. The summed E-state index contributed by atoms with van der Waals surface area (Å²) in [6.45, 7) is 9.29. The van der Waals surface area contributed by atoms with Crippen molar-refractivity contribution in [2.45, 2.75) is 217 Å². The van der Waals surface area contributed by atoms with Crippen LogP contribution in [0.4, 0.5) is 0 Å². The monoisotopic (exact) mass is 1490 g/mol. The molecular formula is C71H113N19O16. The molecule has 2 heterocycles. The molecule has 106 heavy (non-hydrogen) atoms. The van der Waals surface area contributed by atoms with Gasteiger partial charge in [-0.05, 0) is 138 Å². The minimum atomic E-state index is -1.89. The van der Waals surface area contributed by atoms with Crippen LogP contribution in [0, 0.1) is 17.8 Å². The summed E-state index contributed by atoms with van der Waals surface area (Å²) in [5.41, 5.74) is 30.3. The van der Waals surface area contributed by atoms with Crippen molar-refractivity contribution in [2.75, 3.05) is 45.8 Å². The number of carbonyl (C=O) groups excluding carboxylic acids is 13. The summed E-state index contributed by atoms with van der Waals surface area (Å²) in [5.74, 6) is -14.2. The van der Waals surface area contributed by atoms with Gasteiger partial charge in [-0.1, -0.05) is 90.4 Å². The molecular weight excluding hydrogens is 1370 g/mol. The molecule has 0 spiro atoms. The van der Waals surface area contributed by atoms with Crippen molar-refractivity contribution in [2.24, 2.45) is 51.4 Å². The number of phenols is 1. The van der Waals surface area contributed by atoms with Crippen molar-refractivity contribution < 1.29 is 77.3 Å². The van der Waals surface area contributed by atoms with Crippen LogP contribution in [0.1, 0.15) is 149 Å². The number of carboxylic acid groups (broad SMARTS) is 1. The summed E-state index contributed by atoms with van der Waals surface area (Å²) in [6.07, 6.45) is 0.767. The van der Waals surface area contributed by atoms with Crippen LogP contribution in [0.2, 0.25) is 0 Å². The highest BCUT2D eigenvalue weighted by Crippen LogP contribution is 2.21. The van der Waals surface area contributed by atoms with Crippen molar-refractivity contribution in [1.82, 2.24) is 68.7 Å². The lowest BCUT2D eigenvalue weighted by Crippen LogP contribution is -2.60. The number of nitrogens with two attached hydrogens (primary N) is 5. The molecule has 35 heteroatoms. The highest BCUT2D eigenvalue weighted by atomic mass is 16.4. The van der Waals surface area contributed by atoms with Crippen LogP contribution in [0.15, 0.2) is 59.6 Å². The number of carbonyl (C=O) groups is 14. The van der Waals surface area contributed by atoms with Gasteiger partial charge in [0.05, 0.1) is 25.6 Å². The molecule has 4 rings (SSSR count). The van der Waals surface area contributed by atoms with Crippen LogP contribution in [0.25, 0.3) is 0 Å². The van der Waals surface area contributed by atoms with E-state index in [0.29, 0.717) is 49.7 Å². The molecule has 0 aliphatic carbocycles. The summed E-state index contributed by atoms with van der Waals surface area (Å²) in [6, 6.07) is -1.24. The fourth-order valence-electron chi connectivity index (χ4n) is 12.0. The van der Waals surface area contributed by atoms with Gasteiger partial charge in [-0.3, -0.25) is 72.1 Å². The fraction of sp³-hybridized carbons (Fsp3) is 0.620. The standard InChI is InChI=1S/C71H113N19O16/c1-7-42(6)59-69(105)77-31-27-46(74)70(106)90-32-16-22-55(90)68(104)84-48(20-12-14-29-73)62(98)85-50(33-40(2)3)64(100)82-47(19-11-13-28-72)61(97)87-52(36-44-23-25-45(91)26-24-44)60(96)80-38-56(92)79-39-57(93)81-53(35-43-17-9-8-10-18-43)66(102)86-51(34-41(4)5)65(101)88-54(37-58(94)95)67(103)83-49(63(99)89-59)21-15-30-78-71(75)76/h8-10,17-18,23-26,40-42,46-55,59,91H,7,11-16,19-22,27-39,72-74H2,1-6H3,(H,77,105)(H,79,92)(H,80,96)(H,81,93)(H,82,100)(H,83,103)(H,84,104)(H,85,98)(H,86,102)(H,87,97)(H,88,101)(H,89,99)(H,94,95)(H4,75,76,78)/t42-,46-,47-,48-,49-,50-,51-,52-,53-,54+,55-,59-/m0/s1. The second kappa shape index (κ2) is 46.0. The maximum Gasteiger partial charge on any atom is 0.305 e. The molecule has 13 amide bonds. The molecule has 0 aromatic heterocycles. The predicted octanol–water partition coefficient (Wildman–Crippen LogP) is -3.46. The Morgan fingerprint density at radius 3 is 1.51 bits per heavy atom. The lowest BCUT2D eigenvalue weighted by Gasteiger charge is -2.30. The van der Waals surface area contributed by atoms with Crippen LogP contribution >= 0.6 is 0 Å². The quantitative estimate of drug-likeness (QED) is 0.0276. The van der Waals surface area contributed by atoms with E-state index >= 15 is 0 Å². The maximum atomic E-state index is 14.6.